The zero-order valence-electron chi connectivity index (χ0n) is 22.5. The monoisotopic (exact) mass is 517 g/mol. The molecule has 2 aliphatic heterocycles. The fourth-order valence-corrected chi connectivity index (χ4v) is 6.49. The molecule has 1 saturated carbocycles. The van der Waals surface area contributed by atoms with Gasteiger partial charge in [0.2, 0.25) is 0 Å². The van der Waals surface area contributed by atoms with Crippen molar-refractivity contribution in [2.45, 2.75) is 78.2 Å². The topological polar surface area (TPSA) is 111 Å². The summed E-state index contributed by atoms with van der Waals surface area (Å²) in [5, 5.41) is 0. The molecule has 3 aliphatic rings. The van der Waals surface area contributed by atoms with Crippen LogP contribution in [0.3, 0.4) is 0 Å². The number of furan rings is 1. The molecule has 38 heavy (non-hydrogen) atoms. The number of nitrogens with one attached hydrogen (secondary N) is 1. The Morgan fingerprint density at radius 2 is 1.82 bits per heavy atom. The molecule has 0 bridgehead atoms. The summed E-state index contributed by atoms with van der Waals surface area (Å²) >= 11 is 0. The molecular weight excluding hydrogens is 482 g/mol. The summed E-state index contributed by atoms with van der Waals surface area (Å²) < 4.78 is 19.2. The van der Waals surface area contributed by atoms with E-state index in [2.05, 4.69) is 4.98 Å². The van der Waals surface area contributed by atoms with E-state index in [0.29, 0.717) is 41.4 Å². The number of ether oxygens (including phenoxy) is 2. The third-order valence-corrected chi connectivity index (χ3v) is 8.62. The molecule has 8 nitrogen and oxygen atoms in total. The highest BCUT2D eigenvalue weighted by atomic mass is 16.7. The van der Waals surface area contributed by atoms with Gasteiger partial charge in [0.1, 0.15) is 5.76 Å². The van der Waals surface area contributed by atoms with Gasteiger partial charge >= 0.3 is 0 Å². The van der Waals surface area contributed by atoms with Gasteiger partial charge in [-0.05, 0) is 82.2 Å². The van der Waals surface area contributed by atoms with Crippen LogP contribution in [0.25, 0.3) is 11.3 Å². The Morgan fingerprint density at radius 3 is 2.50 bits per heavy atom. The van der Waals surface area contributed by atoms with Gasteiger partial charge in [0.25, 0.3) is 17.3 Å². The van der Waals surface area contributed by atoms with Gasteiger partial charge in [-0.15, -0.1) is 0 Å². The standard InChI is InChI=1S/C30H35N3O5/c1-16-14-17(2)32-28(34)22(16)15-33-12-11-21-24(29(33)35)18(3)26-27(25(21)23-6-5-13-36-23)38-30(4,37-26)19-7-9-20(31)10-8-19/h5-6,13-14,19-20H,7-12,15,31H2,1-4H3,(H,32,34)/t19-,20-,30-/m0/s1. The van der Waals surface area contributed by atoms with E-state index in [1.54, 1.807) is 11.2 Å². The first-order valence-corrected chi connectivity index (χ1v) is 13.5. The van der Waals surface area contributed by atoms with E-state index in [9.17, 15) is 9.59 Å². The smallest absolute Gasteiger partial charge is 0.254 e. The first-order chi connectivity index (χ1) is 18.2. The highest BCUT2D eigenvalue weighted by Gasteiger charge is 2.49. The third kappa shape index (κ3) is 3.93. The number of nitrogens with two attached hydrogens (primary N) is 1. The summed E-state index contributed by atoms with van der Waals surface area (Å²) in [4.78, 5) is 31.4. The van der Waals surface area contributed by atoms with Crippen molar-refractivity contribution in [2.75, 3.05) is 6.54 Å². The van der Waals surface area contributed by atoms with Crippen molar-refractivity contribution in [2.24, 2.45) is 11.7 Å². The zero-order valence-corrected chi connectivity index (χ0v) is 22.5. The molecule has 200 valence electrons. The van der Waals surface area contributed by atoms with E-state index < -0.39 is 5.79 Å². The van der Waals surface area contributed by atoms with Crippen LogP contribution in [0.5, 0.6) is 11.5 Å². The predicted molar refractivity (Wildman–Crippen MR) is 143 cm³/mol. The fraction of sp³-hybridized carbons (Fsp3) is 0.467. The summed E-state index contributed by atoms with van der Waals surface area (Å²) in [5.74, 6) is 1.16. The van der Waals surface area contributed by atoms with Crippen LogP contribution >= 0.6 is 0 Å². The van der Waals surface area contributed by atoms with Gasteiger partial charge in [-0.2, -0.15) is 0 Å². The first-order valence-electron chi connectivity index (χ1n) is 13.5. The second-order valence-electron chi connectivity index (χ2n) is 11.2. The molecule has 0 radical (unpaired) electrons. The minimum atomic E-state index is -0.840. The molecule has 1 atom stereocenters. The maximum Gasteiger partial charge on any atom is 0.254 e. The van der Waals surface area contributed by atoms with Gasteiger partial charge in [-0.1, -0.05) is 0 Å². The molecule has 1 aromatic carbocycles. The number of nitrogens with zero attached hydrogens (tertiary/aromatic N) is 1. The molecule has 1 aliphatic carbocycles. The van der Waals surface area contributed by atoms with Gasteiger partial charge in [-0.25, -0.2) is 0 Å². The van der Waals surface area contributed by atoms with Crippen LogP contribution in [0.4, 0.5) is 0 Å². The van der Waals surface area contributed by atoms with Crippen LogP contribution in [-0.2, 0) is 13.0 Å². The Morgan fingerprint density at radius 1 is 1.08 bits per heavy atom. The van der Waals surface area contributed by atoms with Crippen molar-refractivity contribution >= 4 is 5.91 Å². The van der Waals surface area contributed by atoms with E-state index in [4.69, 9.17) is 19.6 Å². The molecule has 1 fully saturated rings. The van der Waals surface area contributed by atoms with Crippen LogP contribution in [0.1, 0.15) is 70.9 Å². The summed E-state index contributed by atoms with van der Waals surface area (Å²) in [5.41, 5.74) is 11.4. The third-order valence-electron chi connectivity index (χ3n) is 8.62. The molecule has 0 spiro atoms. The molecule has 0 saturated heterocycles. The Hall–Kier alpha value is -3.52. The van der Waals surface area contributed by atoms with Crippen molar-refractivity contribution in [3.63, 3.8) is 0 Å². The van der Waals surface area contributed by atoms with Crippen molar-refractivity contribution < 1.29 is 18.7 Å². The average Bonchev–Trinajstić information content (AvgIpc) is 3.52. The van der Waals surface area contributed by atoms with E-state index >= 15 is 0 Å². The Balaban J connectivity index is 1.42. The van der Waals surface area contributed by atoms with Crippen molar-refractivity contribution in [3.8, 4) is 22.8 Å². The van der Waals surface area contributed by atoms with Crippen LogP contribution in [-0.4, -0.2) is 34.2 Å². The normalized spacial score (nSPS) is 24.6. The number of hydrogen-bond donors (Lipinski definition) is 2. The Bertz CT molecular complexity index is 1470. The molecule has 6 rings (SSSR count). The molecule has 8 heteroatoms. The van der Waals surface area contributed by atoms with Gasteiger partial charge in [0.05, 0.1) is 23.9 Å². The van der Waals surface area contributed by atoms with Gasteiger partial charge < -0.3 is 29.5 Å². The predicted octanol–water partition coefficient (Wildman–Crippen LogP) is 4.76. The molecule has 1 amide bonds. The van der Waals surface area contributed by atoms with Crippen LogP contribution in [0.15, 0.2) is 33.7 Å². The van der Waals surface area contributed by atoms with Crippen molar-refractivity contribution in [3.05, 3.63) is 68.3 Å². The number of pyridine rings is 1. The molecule has 2 aromatic heterocycles. The number of aryl methyl sites for hydroxylation is 2. The minimum Gasteiger partial charge on any atom is -0.464 e. The highest BCUT2D eigenvalue weighted by Crippen LogP contribution is 2.55. The zero-order chi connectivity index (χ0) is 26.8. The number of hydrogen-bond acceptors (Lipinski definition) is 6. The SMILES string of the molecule is Cc1cc(C)c(CN2CCc3c(c(C)c4c(c3-c3ccco3)O[C@@](C)([C@H]3CC[C@H](N)CC3)O4)C2=O)c(=O)[nH]1. The number of amides is 1. The second kappa shape index (κ2) is 9.05. The van der Waals surface area contributed by atoms with Crippen LogP contribution < -0.4 is 20.8 Å². The van der Waals surface area contributed by atoms with Crippen LogP contribution in [0, 0.1) is 26.7 Å². The lowest BCUT2D eigenvalue weighted by Gasteiger charge is -2.36. The van der Waals surface area contributed by atoms with E-state index in [0.717, 1.165) is 53.6 Å². The number of aromatic nitrogens is 1. The molecule has 3 N–H and O–H groups in total. The van der Waals surface area contributed by atoms with E-state index in [1.165, 1.54) is 0 Å². The van der Waals surface area contributed by atoms with Gasteiger partial charge in [0.15, 0.2) is 11.5 Å². The average molecular weight is 518 g/mol. The summed E-state index contributed by atoms with van der Waals surface area (Å²) in [6.45, 7) is 8.45. The second-order valence-corrected chi connectivity index (χ2v) is 11.2. The Kier molecular flexibility index (Phi) is 5.90. The van der Waals surface area contributed by atoms with E-state index in [-0.39, 0.29) is 30.0 Å². The molecule has 4 heterocycles. The maximum absolute atomic E-state index is 14.0. The number of H-pyrrole nitrogens is 1. The fourth-order valence-electron chi connectivity index (χ4n) is 6.49. The lowest BCUT2D eigenvalue weighted by atomic mass is 9.81. The van der Waals surface area contributed by atoms with Crippen molar-refractivity contribution in [1.82, 2.24) is 9.88 Å². The molecular formula is C30H35N3O5. The lowest BCUT2D eigenvalue weighted by Crippen LogP contribution is -2.46. The maximum atomic E-state index is 14.0. The summed E-state index contributed by atoms with van der Waals surface area (Å²) in [7, 11) is 0. The Labute approximate surface area is 222 Å². The van der Waals surface area contributed by atoms with Crippen LogP contribution in [0.2, 0.25) is 0 Å². The molecule has 3 aromatic rings. The minimum absolute atomic E-state index is 0.112. The highest BCUT2D eigenvalue weighted by molar-refractivity contribution is 6.02. The van der Waals surface area contributed by atoms with Gasteiger partial charge in [0, 0.05) is 42.2 Å². The van der Waals surface area contributed by atoms with Crippen molar-refractivity contribution in [1.29, 1.82) is 0 Å². The number of rotatable bonds is 4. The molecule has 0 unspecified atom stereocenters. The van der Waals surface area contributed by atoms with E-state index in [1.807, 2.05) is 45.9 Å². The first kappa shape index (κ1) is 24.8. The quantitative estimate of drug-likeness (QED) is 0.516. The summed E-state index contributed by atoms with van der Waals surface area (Å²) in [6.07, 6.45) is 5.99. The number of fused-ring (bicyclic) bond motifs is 2. The summed E-state index contributed by atoms with van der Waals surface area (Å²) in [6, 6.07) is 5.90. The number of carbonyl (C=O) groups is 1. The number of benzene rings is 1. The lowest BCUT2D eigenvalue weighted by molar-refractivity contribution is -0.120. The van der Waals surface area contributed by atoms with Gasteiger partial charge in [-0.3, -0.25) is 9.59 Å². The number of carbonyl (C=O) groups excluding carboxylic acids is 1. The number of aromatic amines is 1. The largest absolute Gasteiger partial charge is 0.464 e.